The summed E-state index contributed by atoms with van der Waals surface area (Å²) in [7, 11) is 0. The quantitative estimate of drug-likeness (QED) is 0.360. The van der Waals surface area contributed by atoms with Crippen LogP contribution >= 0.6 is 35.7 Å². The van der Waals surface area contributed by atoms with Gasteiger partial charge >= 0.3 is 0 Å². The van der Waals surface area contributed by atoms with E-state index in [0.717, 1.165) is 57.2 Å². The Morgan fingerprint density at radius 1 is 1.48 bits per heavy atom. The van der Waals surface area contributed by atoms with E-state index >= 15 is 0 Å². The van der Waals surface area contributed by atoms with E-state index in [4.69, 9.17) is 9.15 Å². The molecule has 7 heteroatoms. The third kappa shape index (κ3) is 8.30. The molecule has 0 amide bonds. The number of nitrogens with zero attached hydrogens (tertiary/aromatic N) is 1. The van der Waals surface area contributed by atoms with E-state index < -0.39 is 0 Å². The lowest BCUT2D eigenvalue weighted by atomic mass is 10.2. The third-order valence-electron chi connectivity index (χ3n) is 3.67. The van der Waals surface area contributed by atoms with Crippen LogP contribution in [-0.4, -0.2) is 49.8 Å². The lowest BCUT2D eigenvalue weighted by Gasteiger charge is -2.16. The molecule has 2 rings (SSSR count). The fourth-order valence-corrected chi connectivity index (χ4v) is 2.47. The summed E-state index contributed by atoms with van der Waals surface area (Å²) in [6.07, 6.45) is 7.29. The van der Waals surface area contributed by atoms with Crippen LogP contribution in [-0.2, 0) is 11.2 Å². The van der Waals surface area contributed by atoms with Crippen molar-refractivity contribution in [2.45, 2.75) is 37.5 Å². The third-order valence-corrected chi connectivity index (χ3v) is 4.63. The van der Waals surface area contributed by atoms with Crippen LogP contribution in [0.4, 0.5) is 0 Å². The lowest BCUT2D eigenvalue weighted by molar-refractivity contribution is 0.114. The van der Waals surface area contributed by atoms with Crippen molar-refractivity contribution >= 4 is 41.7 Å². The molecular weight excluding hydrogens is 425 g/mol. The fourth-order valence-electron chi connectivity index (χ4n) is 2.24. The highest BCUT2D eigenvalue weighted by Gasteiger charge is 2.15. The van der Waals surface area contributed by atoms with E-state index in [1.165, 1.54) is 0 Å². The molecule has 0 aliphatic carbocycles. The van der Waals surface area contributed by atoms with Gasteiger partial charge < -0.3 is 19.8 Å². The first kappa shape index (κ1) is 20.6. The minimum Gasteiger partial charge on any atom is -0.469 e. The number of ether oxygens (including phenoxy) is 1. The Morgan fingerprint density at radius 3 is 3.00 bits per heavy atom. The topological polar surface area (TPSA) is 58.8 Å². The highest BCUT2D eigenvalue weighted by Crippen LogP contribution is 2.10. The van der Waals surface area contributed by atoms with Gasteiger partial charge in [0.05, 0.1) is 18.9 Å². The van der Waals surface area contributed by atoms with Crippen LogP contribution < -0.4 is 10.6 Å². The molecule has 0 radical (unpaired) electrons. The number of furan rings is 1. The molecule has 1 fully saturated rings. The molecule has 23 heavy (non-hydrogen) atoms. The first-order valence-corrected chi connectivity index (χ1v) is 9.25. The molecule has 1 aliphatic rings. The van der Waals surface area contributed by atoms with E-state index in [1.54, 1.807) is 6.26 Å². The van der Waals surface area contributed by atoms with Crippen molar-refractivity contribution in [2.24, 2.45) is 4.99 Å². The summed E-state index contributed by atoms with van der Waals surface area (Å²) in [6, 6.07) is 3.91. The Labute approximate surface area is 160 Å². The van der Waals surface area contributed by atoms with Crippen LogP contribution in [0.5, 0.6) is 0 Å². The summed E-state index contributed by atoms with van der Waals surface area (Å²) in [5.41, 5.74) is 0. The SMILES string of the molecule is CSC(C)CN=C(NCCc1ccco1)NCC1CCCO1.I. The van der Waals surface area contributed by atoms with Crippen LogP contribution in [0.3, 0.4) is 0 Å². The first-order valence-electron chi connectivity index (χ1n) is 7.97. The second-order valence-corrected chi connectivity index (χ2v) is 6.78. The smallest absolute Gasteiger partial charge is 0.191 e. The predicted molar refractivity (Wildman–Crippen MR) is 108 cm³/mol. The molecule has 5 nitrogen and oxygen atoms in total. The molecule has 1 aliphatic heterocycles. The highest BCUT2D eigenvalue weighted by molar-refractivity contribution is 14.0. The zero-order valence-electron chi connectivity index (χ0n) is 13.9. The summed E-state index contributed by atoms with van der Waals surface area (Å²) in [5.74, 6) is 1.85. The number of halogens is 1. The second-order valence-electron chi connectivity index (χ2n) is 5.51. The van der Waals surface area contributed by atoms with Gasteiger partial charge in [0.2, 0.25) is 0 Å². The summed E-state index contributed by atoms with van der Waals surface area (Å²) < 4.78 is 11.0. The van der Waals surface area contributed by atoms with E-state index in [2.05, 4.69) is 28.8 Å². The molecule has 0 saturated carbocycles. The summed E-state index contributed by atoms with van der Waals surface area (Å²) in [6.45, 7) is 5.50. The van der Waals surface area contributed by atoms with Crippen LogP contribution in [0.25, 0.3) is 0 Å². The van der Waals surface area contributed by atoms with Gasteiger partial charge in [-0.05, 0) is 31.2 Å². The number of hydrogen-bond acceptors (Lipinski definition) is 4. The predicted octanol–water partition coefficient (Wildman–Crippen LogP) is 2.91. The number of guanidine groups is 1. The Balaban J connectivity index is 0.00000264. The van der Waals surface area contributed by atoms with Gasteiger partial charge in [-0.15, -0.1) is 24.0 Å². The van der Waals surface area contributed by atoms with E-state index in [0.29, 0.717) is 11.4 Å². The number of hydrogen-bond donors (Lipinski definition) is 2. The van der Waals surface area contributed by atoms with E-state index in [-0.39, 0.29) is 24.0 Å². The van der Waals surface area contributed by atoms with Crippen LogP contribution in [0, 0.1) is 0 Å². The molecule has 1 aromatic rings. The molecular formula is C16H28IN3O2S. The maximum atomic E-state index is 5.65. The summed E-state index contributed by atoms with van der Waals surface area (Å²) >= 11 is 1.83. The van der Waals surface area contributed by atoms with Crippen LogP contribution in [0.15, 0.2) is 27.8 Å². The maximum absolute atomic E-state index is 5.65. The number of rotatable bonds is 8. The summed E-state index contributed by atoms with van der Waals surface area (Å²) in [4.78, 5) is 4.66. The number of aliphatic imine (C=N–C) groups is 1. The molecule has 2 atom stereocenters. The monoisotopic (exact) mass is 453 g/mol. The van der Waals surface area contributed by atoms with Crippen LogP contribution in [0.2, 0.25) is 0 Å². The van der Waals surface area contributed by atoms with Crippen molar-refractivity contribution in [2.75, 3.05) is 32.5 Å². The van der Waals surface area contributed by atoms with Crippen molar-refractivity contribution < 1.29 is 9.15 Å². The summed E-state index contributed by atoms with van der Waals surface area (Å²) in [5, 5.41) is 7.29. The molecule has 0 aromatic carbocycles. The zero-order valence-corrected chi connectivity index (χ0v) is 17.1. The van der Waals surface area contributed by atoms with Gasteiger partial charge in [0.15, 0.2) is 5.96 Å². The minimum atomic E-state index is 0. The molecule has 132 valence electrons. The standard InChI is InChI=1S/C16H27N3O2S.HI/c1-13(22-2)11-18-16(19-12-15-6-4-10-21-15)17-8-7-14-5-3-9-20-14;/h3,5,9,13,15H,4,6-8,10-12H2,1-2H3,(H2,17,18,19);1H. The molecule has 1 aromatic heterocycles. The Kier molecular flexibility index (Phi) is 10.8. The Hall–Kier alpha value is -0.410. The van der Waals surface area contributed by atoms with Gasteiger partial charge in [0.1, 0.15) is 5.76 Å². The van der Waals surface area contributed by atoms with Crippen molar-refractivity contribution in [3.8, 4) is 0 Å². The normalized spacial score (nSPS) is 19.2. The lowest BCUT2D eigenvalue weighted by Crippen LogP contribution is -2.42. The van der Waals surface area contributed by atoms with Crippen LogP contribution in [0.1, 0.15) is 25.5 Å². The molecule has 2 N–H and O–H groups in total. The average molecular weight is 453 g/mol. The van der Waals surface area contributed by atoms with Gasteiger partial charge in [-0.1, -0.05) is 6.92 Å². The molecule has 0 bridgehead atoms. The Bertz CT molecular complexity index is 437. The number of nitrogens with one attached hydrogen (secondary N) is 2. The Morgan fingerprint density at radius 2 is 2.35 bits per heavy atom. The largest absolute Gasteiger partial charge is 0.469 e. The van der Waals surface area contributed by atoms with Gasteiger partial charge in [-0.3, -0.25) is 4.99 Å². The maximum Gasteiger partial charge on any atom is 0.191 e. The minimum absolute atomic E-state index is 0. The van der Waals surface area contributed by atoms with Crippen molar-refractivity contribution in [3.63, 3.8) is 0 Å². The second kappa shape index (κ2) is 12.0. The molecule has 2 unspecified atom stereocenters. The van der Waals surface area contributed by atoms with Gasteiger partial charge in [0.25, 0.3) is 0 Å². The highest BCUT2D eigenvalue weighted by atomic mass is 127. The zero-order chi connectivity index (χ0) is 15.6. The van der Waals surface area contributed by atoms with E-state index in [9.17, 15) is 0 Å². The van der Waals surface area contributed by atoms with Gasteiger partial charge in [-0.2, -0.15) is 11.8 Å². The molecule has 0 spiro atoms. The van der Waals surface area contributed by atoms with Crippen molar-refractivity contribution in [3.05, 3.63) is 24.2 Å². The first-order chi connectivity index (χ1) is 10.8. The van der Waals surface area contributed by atoms with Crippen molar-refractivity contribution in [1.29, 1.82) is 0 Å². The molecule has 2 heterocycles. The molecule has 1 saturated heterocycles. The fraction of sp³-hybridized carbons (Fsp3) is 0.688. The van der Waals surface area contributed by atoms with E-state index in [1.807, 2.05) is 23.9 Å². The average Bonchev–Trinajstić information content (AvgIpc) is 3.22. The van der Waals surface area contributed by atoms with Gasteiger partial charge in [-0.25, -0.2) is 0 Å². The van der Waals surface area contributed by atoms with Gasteiger partial charge in [0, 0.05) is 31.4 Å². The van der Waals surface area contributed by atoms with Crippen molar-refractivity contribution in [1.82, 2.24) is 10.6 Å². The number of thioether (sulfide) groups is 1.